The van der Waals surface area contributed by atoms with Crippen LogP contribution in [0.5, 0.6) is 5.75 Å². The number of hydrogen-bond acceptors (Lipinski definition) is 4. The molecule has 1 aliphatic rings. The summed E-state index contributed by atoms with van der Waals surface area (Å²) < 4.78 is 5.18. The monoisotopic (exact) mass is 331 g/mol. The van der Waals surface area contributed by atoms with E-state index in [1.165, 1.54) is 10.6 Å². The van der Waals surface area contributed by atoms with Crippen molar-refractivity contribution in [1.29, 1.82) is 0 Å². The molecule has 2 amide bonds. The van der Waals surface area contributed by atoms with Crippen molar-refractivity contribution >= 4 is 23.1 Å². The third kappa shape index (κ3) is 3.96. The molecular weight excluding hydrogens is 310 g/mol. The van der Waals surface area contributed by atoms with Gasteiger partial charge in [-0.2, -0.15) is 0 Å². The van der Waals surface area contributed by atoms with Crippen LogP contribution < -0.4 is 15.0 Å². The highest BCUT2D eigenvalue weighted by atomic mass is 32.1. The largest absolute Gasteiger partial charge is 0.497 e. The smallest absolute Gasteiger partial charge is 0.317 e. The number of amides is 2. The maximum absolute atomic E-state index is 12.2. The molecule has 0 bridgehead atoms. The van der Waals surface area contributed by atoms with Gasteiger partial charge in [-0.25, -0.2) is 4.79 Å². The predicted octanol–water partition coefficient (Wildman–Crippen LogP) is 2.79. The Bertz CT molecular complexity index is 620. The summed E-state index contributed by atoms with van der Waals surface area (Å²) in [5, 5.41) is 5.01. The molecule has 5 nitrogen and oxygen atoms in total. The van der Waals surface area contributed by atoms with Crippen molar-refractivity contribution in [2.75, 3.05) is 38.2 Å². The van der Waals surface area contributed by atoms with E-state index in [-0.39, 0.29) is 6.03 Å². The minimum Gasteiger partial charge on any atom is -0.497 e. The summed E-state index contributed by atoms with van der Waals surface area (Å²) in [6, 6.07) is 12.1. The molecule has 1 aromatic carbocycles. The molecule has 2 heterocycles. The lowest BCUT2D eigenvalue weighted by Crippen LogP contribution is -2.51. The van der Waals surface area contributed by atoms with Gasteiger partial charge in [0.1, 0.15) is 5.75 Å². The third-order valence-corrected chi connectivity index (χ3v) is 4.87. The van der Waals surface area contributed by atoms with E-state index < -0.39 is 0 Å². The van der Waals surface area contributed by atoms with Crippen LogP contribution in [0.3, 0.4) is 0 Å². The number of urea groups is 1. The van der Waals surface area contributed by atoms with E-state index in [0.29, 0.717) is 6.54 Å². The number of carbonyl (C=O) groups excluding carboxylic acids is 1. The SMILES string of the molecule is COc1ccc(N2CCN(C(=O)NCc3cccs3)CC2)cc1. The van der Waals surface area contributed by atoms with Gasteiger partial charge in [0.05, 0.1) is 13.7 Å². The number of thiophene rings is 1. The topological polar surface area (TPSA) is 44.8 Å². The van der Waals surface area contributed by atoms with Crippen LogP contribution in [0.2, 0.25) is 0 Å². The average molecular weight is 331 g/mol. The summed E-state index contributed by atoms with van der Waals surface area (Å²) in [5.74, 6) is 0.861. The number of rotatable bonds is 4. The van der Waals surface area contributed by atoms with Gasteiger partial charge in [-0.3, -0.25) is 0 Å². The van der Waals surface area contributed by atoms with Gasteiger partial charge in [0, 0.05) is 36.7 Å². The highest BCUT2D eigenvalue weighted by Gasteiger charge is 2.21. The van der Waals surface area contributed by atoms with Crippen LogP contribution in [-0.2, 0) is 6.54 Å². The van der Waals surface area contributed by atoms with Crippen LogP contribution in [0.25, 0.3) is 0 Å². The van der Waals surface area contributed by atoms with Crippen molar-refractivity contribution in [2.45, 2.75) is 6.54 Å². The number of piperazine rings is 1. The highest BCUT2D eigenvalue weighted by molar-refractivity contribution is 7.09. The summed E-state index contributed by atoms with van der Waals surface area (Å²) in [4.78, 5) is 17.6. The molecule has 0 aliphatic carbocycles. The lowest BCUT2D eigenvalue weighted by Gasteiger charge is -2.36. The normalized spacial score (nSPS) is 14.7. The van der Waals surface area contributed by atoms with Crippen molar-refractivity contribution in [3.8, 4) is 5.75 Å². The molecular formula is C17H21N3O2S. The zero-order valence-corrected chi connectivity index (χ0v) is 14.0. The molecule has 1 fully saturated rings. The Morgan fingerprint density at radius 3 is 2.52 bits per heavy atom. The number of hydrogen-bond donors (Lipinski definition) is 1. The minimum atomic E-state index is 0.0211. The van der Waals surface area contributed by atoms with E-state index in [1.54, 1.807) is 18.4 Å². The van der Waals surface area contributed by atoms with Crippen LogP contribution in [0, 0.1) is 0 Å². The molecule has 122 valence electrons. The fourth-order valence-corrected chi connectivity index (χ4v) is 3.29. The van der Waals surface area contributed by atoms with Crippen molar-refractivity contribution in [1.82, 2.24) is 10.2 Å². The number of nitrogens with one attached hydrogen (secondary N) is 1. The molecule has 2 aromatic rings. The second-order valence-corrected chi connectivity index (χ2v) is 6.44. The van der Waals surface area contributed by atoms with Crippen LogP contribution in [0.4, 0.5) is 10.5 Å². The second-order valence-electron chi connectivity index (χ2n) is 5.41. The number of benzene rings is 1. The third-order valence-electron chi connectivity index (χ3n) is 4.00. The fraction of sp³-hybridized carbons (Fsp3) is 0.353. The fourth-order valence-electron chi connectivity index (χ4n) is 2.65. The van der Waals surface area contributed by atoms with Crippen molar-refractivity contribution in [3.05, 3.63) is 46.7 Å². The molecule has 1 N–H and O–H groups in total. The number of anilines is 1. The molecule has 0 saturated carbocycles. The van der Waals surface area contributed by atoms with E-state index in [9.17, 15) is 4.79 Å². The first-order valence-corrected chi connectivity index (χ1v) is 8.58. The minimum absolute atomic E-state index is 0.0211. The average Bonchev–Trinajstić information content (AvgIpc) is 3.13. The zero-order chi connectivity index (χ0) is 16.1. The number of methoxy groups -OCH3 is 1. The molecule has 23 heavy (non-hydrogen) atoms. The first-order valence-electron chi connectivity index (χ1n) is 7.70. The van der Waals surface area contributed by atoms with E-state index in [1.807, 2.05) is 34.5 Å². The predicted molar refractivity (Wildman–Crippen MR) is 93.3 cm³/mol. The molecule has 3 rings (SSSR count). The second kappa shape index (κ2) is 7.37. The molecule has 0 spiro atoms. The van der Waals surface area contributed by atoms with Gasteiger partial charge in [-0.05, 0) is 35.7 Å². The molecule has 0 radical (unpaired) electrons. The number of ether oxygens (including phenoxy) is 1. The van der Waals surface area contributed by atoms with Crippen molar-refractivity contribution in [2.24, 2.45) is 0 Å². The van der Waals surface area contributed by atoms with E-state index in [4.69, 9.17) is 4.74 Å². The van der Waals surface area contributed by atoms with E-state index in [0.717, 1.165) is 31.9 Å². The lowest BCUT2D eigenvalue weighted by molar-refractivity contribution is 0.194. The highest BCUT2D eigenvalue weighted by Crippen LogP contribution is 2.20. The summed E-state index contributed by atoms with van der Waals surface area (Å²) in [6.07, 6.45) is 0. The quantitative estimate of drug-likeness (QED) is 0.937. The van der Waals surface area contributed by atoms with Crippen LogP contribution >= 0.6 is 11.3 Å². The Labute approximate surface area is 140 Å². The Morgan fingerprint density at radius 1 is 1.17 bits per heavy atom. The summed E-state index contributed by atoms with van der Waals surface area (Å²) in [7, 11) is 1.67. The van der Waals surface area contributed by atoms with Crippen LogP contribution in [0.15, 0.2) is 41.8 Å². The Balaban J connectivity index is 1.48. The summed E-state index contributed by atoms with van der Waals surface area (Å²) in [5.41, 5.74) is 1.17. The van der Waals surface area contributed by atoms with E-state index in [2.05, 4.69) is 22.3 Å². The Hall–Kier alpha value is -2.21. The lowest BCUT2D eigenvalue weighted by atomic mass is 10.2. The Kier molecular flexibility index (Phi) is 5.02. The van der Waals surface area contributed by atoms with Gasteiger partial charge in [0.2, 0.25) is 0 Å². The first kappa shape index (κ1) is 15.7. The summed E-state index contributed by atoms with van der Waals surface area (Å²) in [6.45, 7) is 3.78. The Morgan fingerprint density at radius 2 is 1.91 bits per heavy atom. The van der Waals surface area contributed by atoms with Crippen LogP contribution in [-0.4, -0.2) is 44.2 Å². The maximum atomic E-state index is 12.2. The zero-order valence-electron chi connectivity index (χ0n) is 13.2. The molecule has 1 saturated heterocycles. The molecule has 1 aromatic heterocycles. The van der Waals surface area contributed by atoms with Gasteiger partial charge in [-0.15, -0.1) is 11.3 Å². The van der Waals surface area contributed by atoms with Gasteiger partial charge in [0.25, 0.3) is 0 Å². The standard InChI is InChI=1S/C17H21N3O2S/c1-22-15-6-4-14(5-7-15)19-8-10-20(11-9-19)17(21)18-13-16-3-2-12-23-16/h2-7,12H,8-11,13H2,1H3,(H,18,21). The molecule has 1 aliphatic heterocycles. The van der Waals surface area contributed by atoms with Gasteiger partial charge < -0.3 is 19.9 Å². The maximum Gasteiger partial charge on any atom is 0.317 e. The molecule has 6 heteroatoms. The van der Waals surface area contributed by atoms with E-state index >= 15 is 0 Å². The molecule has 0 atom stereocenters. The van der Waals surface area contributed by atoms with Gasteiger partial charge in [-0.1, -0.05) is 6.07 Å². The van der Waals surface area contributed by atoms with Gasteiger partial charge in [0.15, 0.2) is 0 Å². The first-order chi connectivity index (χ1) is 11.3. The number of carbonyl (C=O) groups is 1. The van der Waals surface area contributed by atoms with Crippen molar-refractivity contribution in [3.63, 3.8) is 0 Å². The molecule has 0 unspecified atom stereocenters. The summed E-state index contributed by atoms with van der Waals surface area (Å²) >= 11 is 1.66. The van der Waals surface area contributed by atoms with Gasteiger partial charge >= 0.3 is 6.03 Å². The van der Waals surface area contributed by atoms with Crippen molar-refractivity contribution < 1.29 is 9.53 Å². The van der Waals surface area contributed by atoms with Crippen LogP contribution in [0.1, 0.15) is 4.88 Å². The number of nitrogens with zero attached hydrogens (tertiary/aromatic N) is 2.